The highest BCUT2D eigenvalue weighted by Gasteiger charge is 2.34. The summed E-state index contributed by atoms with van der Waals surface area (Å²) in [6, 6.07) is 16.0. The number of hydrogen-bond acceptors (Lipinski definition) is 4. The Balaban J connectivity index is 1.98. The van der Waals surface area contributed by atoms with Crippen LogP contribution in [0.5, 0.6) is 5.75 Å². The predicted molar refractivity (Wildman–Crippen MR) is 114 cm³/mol. The normalized spacial score (nSPS) is 12.9. The maximum Gasteiger partial charge on any atom is 0.259 e. The van der Waals surface area contributed by atoms with E-state index in [1.807, 2.05) is 16.7 Å². The lowest BCUT2D eigenvalue weighted by molar-refractivity contribution is 0.0880. The van der Waals surface area contributed by atoms with E-state index in [4.69, 9.17) is 16.9 Å². The number of phenolic OH excluding ortho intramolecular Hbond substituents is 1. The second-order valence-electron chi connectivity index (χ2n) is 7.12. The Bertz CT molecular complexity index is 1450. The molecule has 0 aliphatic carbocycles. The maximum absolute atomic E-state index is 12.8. The van der Waals surface area contributed by atoms with E-state index < -0.39 is 11.8 Å². The molecule has 0 fully saturated rings. The van der Waals surface area contributed by atoms with Crippen LogP contribution in [-0.2, 0) is 6.54 Å². The summed E-state index contributed by atoms with van der Waals surface area (Å²) in [6.07, 6.45) is 0.272. The first-order valence-electron chi connectivity index (χ1n) is 9.30. The maximum atomic E-state index is 12.8. The number of rotatable bonds is 3. The minimum atomic E-state index is -0.480. The third-order valence-electron chi connectivity index (χ3n) is 5.40. The Labute approximate surface area is 175 Å². The highest BCUT2D eigenvalue weighted by Crippen LogP contribution is 2.41. The predicted octanol–water partition coefficient (Wildman–Crippen LogP) is 4.62. The largest absolute Gasteiger partial charge is 0.508 e. The summed E-state index contributed by atoms with van der Waals surface area (Å²) in [7, 11) is 0. The zero-order chi connectivity index (χ0) is 21.0. The first-order chi connectivity index (χ1) is 14.5. The van der Waals surface area contributed by atoms with Gasteiger partial charge in [-0.2, -0.15) is 5.26 Å². The van der Waals surface area contributed by atoms with Crippen LogP contribution in [0.25, 0.3) is 32.9 Å². The third-order valence-corrected chi connectivity index (χ3v) is 5.64. The van der Waals surface area contributed by atoms with Crippen molar-refractivity contribution < 1.29 is 14.7 Å². The summed E-state index contributed by atoms with van der Waals surface area (Å²) < 4.78 is 1.94. The molecule has 1 aliphatic rings. The lowest BCUT2D eigenvalue weighted by Crippen LogP contribution is -2.20. The molecule has 0 saturated heterocycles. The second-order valence-corrected chi connectivity index (χ2v) is 7.56. The van der Waals surface area contributed by atoms with Gasteiger partial charge >= 0.3 is 0 Å². The first-order valence-corrected chi connectivity index (χ1v) is 9.68. The van der Waals surface area contributed by atoms with Gasteiger partial charge < -0.3 is 9.67 Å². The van der Waals surface area contributed by atoms with Crippen molar-refractivity contribution in [2.75, 3.05) is 0 Å². The molecule has 30 heavy (non-hydrogen) atoms. The topological polar surface area (TPSA) is 95.1 Å². The number of halogens is 1. The summed E-state index contributed by atoms with van der Waals surface area (Å²) in [6.45, 7) is 0.407. The van der Waals surface area contributed by atoms with E-state index in [-0.39, 0.29) is 23.3 Å². The number of carbonyl (C=O) groups excluding carboxylic acids is 2. The van der Waals surface area contributed by atoms with Crippen molar-refractivity contribution in [3.63, 3.8) is 0 Å². The molecule has 0 radical (unpaired) electrons. The van der Waals surface area contributed by atoms with Gasteiger partial charge in [-0.3, -0.25) is 14.9 Å². The fourth-order valence-corrected chi connectivity index (χ4v) is 4.41. The van der Waals surface area contributed by atoms with Gasteiger partial charge in [0.2, 0.25) is 0 Å². The van der Waals surface area contributed by atoms with Gasteiger partial charge in [0.1, 0.15) is 5.75 Å². The zero-order valence-electron chi connectivity index (χ0n) is 15.6. The SMILES string of the molecule is N#CCCn1c2ccc(O)cc2c2c3c(c(-c4cccc(Cl)c4)cc21)C(=O)NC3=O. The highest BCUT2D eigenvalue weighted by atomic mass is 35.5. The highest BCUT2D eigenvalue weighted by molar-refractivity contribution is 6.33. The van der Waals surface area contributed by atoms with Gasteiger partial charge in [-0.15, -0.1) is 0 Å². The number of phenols is 1. The van der Waals surface area contributed by atoms with Crippen molar-refractivity contribution in [1.82, 2.24) is 9.88 Å². The van der Waals surface area contributed by atoms with Gasteiger partial charge in [0, 0.05) is 27.9 Å². The number of aromatic nitrogens is 1. The molecule has 3 aromatic carbocycles. The van der Waals surface area contributed by atoms with E-state index in [0.717, 1.165) is 5.52 Å². The second kappa shape index (κ2) is 6.61. The van der Waals surface area contributed by atoms with E-state index in [1.54, 1.807) is 36.4 Å². The van der Waals surface area contributed by atoms with Crippen molar-refractivity contribution in [3.05, 3.63) is 64.7 Å². The van der Waals surface area contributed by atoms with Gasteiger partial charge in [-0.1, -0.05) is 23.7 Å². The Morgan fingerprint density at radius 2 is 1.83 bits per heavy atom. The molecule has 4 aromatic rings. The van der Waals surface area contributed by atoms with Gasteiger partial charge in [-0.05, 0) is 47.5 Å². The average molecular weight is 416 g/mol. The number of aryl methyl sites for hydroxylation is 1. The zero-order valence-corrected chi connectivity index (χ0v) is 16.3. The number of aromatic hydroxyl groups is 1. The molecule has 2 amide bonds. The third kappa shape index (κ3) is 2.56. The minimum Gasteiger partial charge on any atom is -0.508 e. The molecular formula is C23H14ClN3O3. The van der Waals surface area contributed by atoms with Crippen LogP contribution < -0.4 is 5.32 Å². The first kappa shape index (κ1) is 18.2. The number of nitriles is 1. The van der Waals surface area contributed by atoms with Gasteiger partial charge in [0.25, 0.3) is 11.8 Å². The van der Waals surface area contributed by atoms with Crippen LogP contribution in [0.3, 0.4) is 0 Å². The van der Waals surface area contributed by atoms with Crippen molar-refractivity contribution in [3.8, 4) is 22.9 Å². The van der Waals surface area contributed by atoms with E-state index in [2.05, 4.69) is 11.4 Å². The molecule has 146 valence electrons. The standard InChI is InChI=1S/C23H14ClN3O3/c24-13-4-1-3-12(9-13)15-11-18-19(21-20(15)22(29)26-23(21)30)16-10-14(28)5-6-17(16)27(18)8-2-7-25/h1,3-6,9-11,28H,2,8H2,(H,26,29,30). The molecular weight excluding hydrogens is 402 g/mol. The molecule has 0 bridgehead atoms. The lowest BCUT2D eigenvalue weighted by atomic mass is 9.93. The monoisotopic (exact) mass is 415 g/mol. The number of imide groups is 1. The van der Waals surface area contributed by atoms with Crippen molar-refractivity contribution in [1.29, 1.82) is 5.26 Å². The van der Waals surface area contributed by atoms with Crippen LogP contribution in [0, 0.1) is 11.3 Å². The number of benzene rings is 3. The van der Waals surface area contributed by atoms with Crippen molar-refractivity contribution in [2.45, 2.75) is 13.0 Å². The summed E-state index contributed by atoms with van der Waals surface area (Å²) in [5, 5.41) is 23.3. The molecule has 0 spiro atoms. The molecule has 1 aromatic heterocycles. The molecule has 5 rings (SSSR count). The fraction of sp³-hybridized carbons (Fsp3) is 0.0870. The molecule has 2 N–H and O–H groups in total. The van der Waals surface area contributed by atoms with E-state index >= 15 is 0 Å². The van der Waals surface area contributed by atoms with E-state index in [9.17, 15) is 14.7 Å². The molecule has 2 heterocycles. The molecule has 1 aliphatic heterocycles. The van der Waals surface area contributed by atoms with Gasteiger partial charge in [-0.25, -0.2) is 0 Å². The number of amides is 2. The number of fused-ring (bicyclic) bond motifs is 5. The summed E-state index contributed by atoms with van der Waals surface area (Å²) in [4.78, 5) is 25.5. The molecule has 0 unspecified atom stereocenters. The fourth-order valence-electron chi connectivity index (χ4n) is 4.22. The molecule has 0 atom stereocenters. The Hall–Kier alpha value is -3.82. The smallest absolute Gasteiger partial charge is 0.259 e. The molecule has 6 nitrogen and oxygen atoms in total. The minimum absolute atomic E-state index is 0.0548. The Kier molecular flexibility index (Phi) is 4.02. The number of carbonyl (C=O) groups is 2. The lowest BCUT2D eigenvalue weighted by Gasteiger charge is -2.11. The number of hydrogen-bond donors (Lipinski definition) is 2. The van der Waals surface area contributed by atoms with Crippen molar-refractivity contribution in [2.24, 2.45) is 0 Å². The van der Waals surface area contributed by atoms with Crippen LogP contribution in [0.15, 0.2) is 48.5 Å². The molecule has 0 saturated carbocycles. The summed E-state index contributed by atoms with van der Waals surface area (Å²) >= 11 is 6.17. The Morgan fingerprint density at radius 1 is 1.03 bits per heavy atom. The van der Waals surface area contributed by atoms with Crippen LogP contribution in [0.4, 0.5) is 0 Å². The average Bonchev–Trinajstić information content (AvgIpc) is 3.19. The van der Waals surface area contributed by atoms with Gasteiger partial charge in [0.15, 0.2) is 0 Å². The van der Waals surface area contributed by atoms with Crippen LogP contribution in [0.1, 0.15) is 27.1 Å². The van der Waals surface area contributed by atoms with Gasteiger partial charge in [0.05, 0.1) is 29.1 Å². The summed E-state index contributed by atoms with van der Waals surface area (Å²) in [5.74, 6) is -0.893. The van der Waals surface area contributed by atoms with Crippen LogP contribution in [0.2, 0.25) is 5.02 Å². The quantitative estimate of drug-likeness (QED) is 0.477. The van der Waals surface area contributed by atoms with Crippen LogP contribution in [-0.4, -0.2) is 21.5 Å². The van der Waals surface area contributed by atoms with E-state index in [1.165, 1.54) is 0 Å². The molecule has 7 heteroatoms. The Morgan fingerprint density at radius 3 is 2.60 bits per heavy atom. The summed E-state index contributed by atoms with van der Waals surface area (Å²) in [5.41, 5.74) is 3.36. The number of nitrogens with one attached hydrogen (secondary N) is 1. The van der Waals surface area contributed by atoms with E-state index in [0.29, 0.717) is 39.0 Å². The van der Waals surface area contributed by atoms with Crippen molar-refractivity contribution >= 4 is 45.2 Å². The number of nitrogens with zero attached hydrogens (tertiary/aromatic N) is 2. The van der Waals surface area contributed by atoms with Crippen LogP contribution >= 0.6 is 11.6 Å².